The number of nitrogens with zero attached hydrogens (tertiary/aromatic N) is 3. The number of aromatic nitrogens is 2. The van der Waals surface area contributed by atoms with Gasteiger partial charge in [0.15, 0.2) is 9.84 Å². The molecule has 2 aliphatic heterocycles. The zero-order valence-electron chi connectivity index (χ0n) is 14.0. The Hall–Kier alpha value is -1.77. The van der Waals surface area contributed by atoms with E-state index in [-0.39, 0.29) is 11.6 Å². The van der Waals surface area contributed by atoms with Gasteiger partial charge in [0.2, 0.25) is 0 Å². The van der Waals surface area contributed by atoms with Gasteiger partial charge in [-0.2, -0.15) is 0 Å². The molecule has 7 nitrogen and oxygen atoms in total. The van der Waals surface area contributed by atoms with Crippen LogP contribution in [0.15, 0.2) is 29.1 Å². The molecule has 2 aromatic rings. The van der Waals surface area contributed by atoms with Gasteiger partial charge in [0.05, 0.1) is 29.0 Å². The lowest BCUT2D eigenvalue weighted by Crippen LogP contribution is -2.50. The summed E-state index contributed by atoms with van der Waals surface area (Å²) >= 11 is 0. The number of hydrogen-bond donors (Lipinski definition) is 1. The topological polar surface area (TPSA) is 86.4 Å². The van der Waals surface area contributed by atoms with Gasteiger partial charge in [0.1, 0.15) is 5.82 Å². The van der Waals surface area contributed by atoms with E-state index in [9.17, 15) is 13.2 Å². The highest BCUT2D eigenvalue weighted by atomic mass is 32.2. The van der Waals surface area contributed by atoms with E-state index < -0.39 is 9.84 Å². The van der Waals surface area contributed by atoms with Crippen molar-refractivity contribution in [2.24, 2.45) is 0 Å². The van der Waals surface area contributed by atoms with Crippen molar-refractivity contribution in [3.63, 3.8) is 0 Å². The van der Waals surface area contributed by atoms with Gasteiger partial charge < -0.3 is 4.98 Å². The Bertz CT molecular complexity index is 932. The van der Waals surface area contributed by atoms with Crippen molar-refractivity contribution in [1.82, 2.24) is 19.8 Å². The number of H-pyrrole nitrogens is 1. The predicted molar refractivity (Wildman–Crippen MR) is 96.3 cm³/mol. The second-order valence-electron chi connectivity index (χ2n) is 6.90. The maximum absolute atomic E-state index is 12.1. The standard InChI is InChI=1S/C17H22N4O3S/c22-17-14-3-1-2-4-15(14)18-16(19-17)11-20-6-8-21(9-7-20)13-5-10-25(23,24)12-13/h1-4,13H,5-12H2,(H,18,19,22). The summed E-state index contributed by atoms with van der Waals surface area (Å²) < 4.78 is 23.3. The van der Waals surface area contributed by atoms with E-state index >= 15 is 0 Å². The Morgan fingerprint density at radius 2 is 1.92 bits per heavy atom. The van der Waals surface area contributed by atoms with E-state index in [1.807, 2.05) is 18.2 Å². The first kappa shape index (κ1) is 16.7. The van der Waals surface area contributed by atoms with Crippen molar-refractivity contribution in [1.29, 1.82) is 0 Å². The summed E-state index contributed by atoms with van der Waals surface area (Å²) in [6.45, 7) is 4.03. The number of para-hydroxylation sites is 1. The fourth-order valence-electron chi connectivity index (χ4n) is 3.77. The van der Waals surface area contributed by atoms with Gasteiger partial charge >= 0.3 is 0 Å². The van der Waals surface area contributed by atoms with E-state index in [1.54, 1.807) is 6.07 Å². The maximum Gasteiger partial charge on any atom is 0.258 e. The molecule has 0 spiro atoms. The molecule has 0 saturated carbocycles. The van der Waals surface area contributed by atoms with Crippen molar-refractivity contribution in [2.75, 3.05) is 37.7 Å². The highest BCUT2D eigenvalue weighted by molar-refractivity contribution is 7.91. The zero-order chi connectivity index (χ0) is 17.4. The summed E-state index contributed by atoms with van der Waals surface area (Å²) in [5.74, 6) is 1.30. The minimum Gasteiger partial charge on any atom is -0.309 e. The van der Waals surface area contributed by atoms with Gasteiger partial charge in [0.25, 0.3) is 5.56 Å². The predicted octanol–water partition coefficient (Wildman–Crippen LogP) is 0.228. The Labute approximate surface area is 146 Å². The molecule has 0 aliphatic carbocycles. The maximum atomic E-state index is 12.1. The van der Waals surface area contributed by atoms with Gasteiger partial charge in [-0.1, -0.05) is 12.1 Å². The van der Waals surface area contributed by atoms with E-state index in [0.717, 1.165) is 38.1 Å². The van der Waals surface area contributed by atoms with Crippen LogP contribution < -0.4 is 5.56 Å². The third-order valence-corrected chi connectivity index (χ3v) is 6.92. The Morgan fingerprint density at radius 1 is 1.16 bits per heavy atom. The Balaban J connectivity index is 1.40. The van der Waals surface area contributed by atoms with Crippen molar-refractivity contribution >= 4 is 20.7 Å². The molecule has 25 heavy (non-hydrogen) atoms. The fourth-order valence-corrected chi connectivity index (χ4v) is 5.53. The number of aromatic amines is 1. The van der Waals surface area contributed by atoms with Crippen LogP contribution in [0.3, 0.4) is 0 Å². The lowest BCUT2D eigenvalue weighted by Gasteiger charge is -2.37. The van der Waals surface area contributed by atoms with E-state index in [2.05, 4.69) is 19.8 Å². The van der Waals surface area contributed by atoms with Crippen LogP contribution in [0.5, 0.6) is 0 Å². The molecule has 2 aliphatic rings. The molecule has 0 bridgehead atoms. The molecule has 2 saturated heterocycles. The molecule has 1 N–H and O–H groups in total. The number of nitrogens with one attached hydrogen (secondary N) is 1. The Kier molecular flexibility index (Phi) is 4.35. The quantitative estimate of drug-likeness (QED) is 0.841. The highest BCUT2D eigenvalue weighted by Gasteiger charge is 2.33. The summed E-state index contributed by atoms with van der Waals surface area (Å²) in [5, 5.41) is 0.610. The molecule has 1 aromatic carbocycles. The fraction of sp³-hybridized carbons (Fsp3) is 0.529. The molecule has 1 atom stereocenters. The first-order valence-electron chi connectivity index (χ1n) is 8.65. The van der Waals surface area contributed by atoms with Gasteiger partial charge in [-0.25, -0.2) is 13.4 Å². The number of benzene rings is 1. The second kappa shape index (κ2) is 6.51. The molecular formula is C17H22N4O3S. The molecule has 3 heterocycles. The van der Waals surface area contributed by atoms with Crippen LogP contribution in [-0.4, -0.2) is 71.9 Å². The van der Waals surface area contributed by atoms with Crippen LogP contribution in [0.1, 0.15) is 12.2 Å². The van der Waals surface area contributed by atoms with Gasteiger partial charge in [-0.15, -0.1) is 0 Å². The zero-order valence-corrected chi connectivity index (χ0v) is 14.8. The summed E-state index contributed by atoms with van der Waals surface area (Å²) in [4.78, 5) is 24.1. The van der Waals surface area contributed by atoms with Crippen LogP contribution in [0.4, 0.5) is 0 Å². The molecule has 1 unspecified atom stereocenters. The Morgan fingerprint density at radius 3 is 2.64 bits per heavy atom. The SMILES string of the molecule is O=c1[nH]c(CN2CCN(C3CCS(=O)(=O)C3)CC2)nc2ccccc12. The van der Waals surface area contributed by atoms with Crippen LogP contribution in [0, 0.1) is 0 Å². The van der Waals surface area contributed by atoms with Crippen LogP contribution >= 0.6 is 0 Å². The monoisotopic (exact) mass is 362 g/mol. The summed E-state index contributed by atoms with van der Waals surface area (Å²) in [5.41, 5.74) is 0.617. The van der Waals surface area contributed by atoms with Gasteiger partial charge in [-0.3, -0.25) is 14.6 Å². The number of hydrogen-bond acceptors (Lipinski definition) is 6. The third kappa shape index (κ3) is 3.61. The molecule has 2 fully saturated rings. The average Bonchev–Trinajstić information content (AvgIpc) is 2.96. The first-order valence-corrected chi connectivity index (χ1v) is 10.5. The minimum absolute atomic E-state index is 0.101. The summed E-state index contributed by atoms with van der Waals surface area (Å²) in [6.07, 6.45) is 0.752. The van der Waals surface area contributed by atoms with Crippen molar-refractivity contribution in [2.45, 2.75) is 19.0 Å². The lowest BCUT2D eigenvalue weighted by molar-refractivity contribution is 0.0984. The van der Waals surface area contributed by atoms with Crippen LogP contribution in [-0.2, 0) is 16.4 Å². The van der Waals surface area contributed by atoms with Gasteiger partial charge in [0, 0.05) is 32.2 Å². The minimum atomic E-state index is -2.84. The number of fused-ring (bicyclic) bond motifs is 1. The van der Waals surface area contributed by atoms with Crippen LogP contribution in [0.25, 0.3) is 10.9 Å². The van der Waals surface area contributed by atoms with Crippen molar-refractivity contribution in [3.8, 4) is 0 Å². The smallest absolute Gasteiger partial charge is 0.258 e. The molecule has 1 aromatic heterocycles. The van der Waals surface area contributed by atoms with E-state index in [0.29, 0.717) is 29.3 Å². The summed E-state index contributed by atoms with van der Waals surface area (Å²) in [6, 6.07) is 7.52. The van der Waals surface area contributed by atoms with Crippen molar-refractivity contribution in [3.05, 3.63) is 40.4 Å². The number of piperazine rings is 1. The van der Waals surface area contributed by atoms with Crippen molar-refractivity contribution < 1.29 is 8.42 Å². The molecular weight excluding hydrogens is 340 g/mol. The van der Waals surface area contributed by atoms with Gasteiger partial charge in [-0.05, 0) is 18.6 Å². The summed E-state index contributed by atoms with van der Waals surface area (Å²) in [7, 11) is -2.84. The third-order valence-electron chi connectivity index (χ3n) is 5.17. The average molecular weight is 362 g/mol. The normalized spacial score (nSPS) is 24.7. The molecule has 8 heteroatoms. The largest absolute Gasteiger partial charge is 0.309 e. The van der Waals surface area contributed by atoms with Crippen LogP contribution in [0.2, 0.25) is 0 Å². The second-order valence-corrected chi connectivity index (χ2v) is 9.13. The molecule has 0 radical (unpaired) electrons. The molecule has 0 amide bonds. The molecule has 134 valence electrons. The number of rotatable bonds is 3. The van der Waals surface area contributed by atoms with E-state index in [1.165, 1.54) is 0 Å². The first-order chi connectivity index (χ1) is 12.0. The lowest BCUT2D eigenvalue weighted by atomic mass is 10.2. The molecule has 4 rings (SSSR count). The highest BCUT2D eigenvalue weighted by Crippen LogP contribution is 2.19. The number of sulfone groups is 1. The van der Waals surface area contributed by atoms with E-state index in [4.69, 9.17) is 0 Å².